The molecule has 0 spiro atoms. The average Bonchev–Trinajstić information content (AvgIpc) is 2.94. The van der Waals surface area contributed by atoms with E-state index in [-0.39, 0.29) is 39.6 Å². The van der Waals surface area contributed by atoms with Gasteiger partial charge in [0.2, 0.25) is 0 Å². The van der Waals surface area contributed by atoms with Gasteiger partial charge in [0.05, 0.1) is 23.9 Å². The van der Waals surface area contributed by atoms with E-state index in [1.165, 1.54) is 21.4 Å². The lowest BCUT2D eigenvalue weighted by atomic mass is 9.86. The van der Waals surface area contributed by atoms with Crippen molar-refractivity contribution in [1.29, 1.82) is 0 Å². The van der Waals surface area contributed by atoms with Gasteiger partial charge in [0.15, 0.2) is 0 Å². The minimum atomic E-state index is -0.660. The molecule has 0 atom stereocenters. The van der Waals surface area contributed by atoms with Crippen LogP contribution < -0.4 is 22.1 Å². The van der Waals surface area contributed by atoms with Crippen LogP contribution in [0.2, 0.25) is 0 Å². The number of nitrogens with one attached hydrogen (secondary N) is 1. The number of fused-ring (bicyclic) bond motifs is 1. The molecule has 11 heteroatoms. The van der Waals surface area contributed by atoms with Gasteiger partial charge in [0.25, 0.3) is 11.1 Å². The first-order chi connectivity index (χ1) is 20.3. The number of aliphatic hydroxyl groups is 1. The normalized spacial score (nSPS) is 11.8. The molecule has 10 nitrogen and oxygen atoms in total. The highest BCUT2D eigenvalue weighted by Gasteiger charge is 2.21. The Balaban J connectivity index is 1.63. The summed E-state index contributed by atoms with van der Waals surface area (Å²) < 4.78 is 19.2. The van der Waals surface area contributed by atoms with Crippen molar-refractivity contribution in [3.63, 3.8) is 0 Å². The molecule has 5 rings (SSSR count). The Kier molecular flexibility index (Phi) is 7.61. The smallest absolute Gasteiger partial charge is 0.349 e. The molecule has 0 fully saturated rings. The first-order valence-electron chi connectivity index (χ1n) is 13.8. The third-order valence-corrected chi connectivity index (χ3v) is 7.39. The standard InChI is InChI=1S/C32H33FN6O4/c1-18(2)38-11-10-27(36-31(38)43)35-25-13-20(16-37(6)29(25)41)22-8-7-9-26(23(22)17-40)39-30(42)28-19(15-34-39)12-21(14-24(28)33)32(3,4)5/h7-16,18,40H,17H2,1-6H3,(H,35,36,43). The first kappa shape index (κ1) is 29.6. The summed E-state index contributed by atoms with van der Waals surface area (Å²) in [7, 11) is 1.58. The number of rotatable bonds is 6. The number of halogens is 1. The van der Waals surface area contributed by atoms with Crippen molar-refractivity contribution in [2.45, 2.75) is 52.7 Å². The van der Waals surface area contributed by atoms with Crippen molar-refractivity contribution >= 4 is 22.3 Å². The average molecular weight is 585 g/mol. The van der Waals surface area contributed by atoms with Gasteiger partial charge < -0.3 is 15.0 Å². The number of aliphatic hydroxyl groups excluding tert-OH is 1. The molecule has 2 N–H and O–H groups in total. The fraction of sp³-hybridized carbons (Fsp3) is 0.281. The van der Waals surface area contributed by atoms with Gasteiger partial charge in [-0.3, -0.25) is 14.2 Å². The molecule has 2 aromatic carbocycles. The number of hydrogen-bond acceptors (Lipinski definition) is 7. The van der Waals surface area contributed by atoms with Crippen molar-refractivity contribution in [1.82, 2.24) is 23.9 Å². The minimum Gasteiger partial charge on any atom is -0.392 e. The number of aromatic nitrogens is 5. The Labute approximate surface area is 246 Å². The zero-order valence-electron chi connectivity index (χ0n) is 24.8. The summed E-state index contributed by atoms with van der Waals surface area (Å²) in [6.07, 6.45) is 4.64. The van der Waals surface area contributed by atoms with Crippen LogP contribution in [0.5, 0.6) is 0 Å². The second-order valence-corrected chi connectivity index (χ2v) is 11.8. The van der Waals surface area contributed by atoms with Gasteiger partial charge in [-0.15, -0.1) is 0 Å². The van der Waals surface area contributed by atoms with E-state index in [2.05, 4.69) is 15.4 Å². The Morgan fingerprint density at radius 3 is 2.44 bits per heavy atom. The predicted molar refractivity (Wildman–Crippen MR) is 165 cm³/mol. The SMILES string of the molecule is CC(C)n1ccc(Nc2cc(-c3cccc(-n4ncc5cc(C(C)(C)C)cc(F)c5c4=O)c3CO)cn(C)c2=O)nc1=O. The first-order valence-corrected chi connectivity index (χ1v) is 13.8. The highest BCUT2D eigenvalue weighted by atomic mass is 19.1. The van der Waals surface area contributed by atoms with Crippen molar-refractivity contribution in [2.75, 3.05) is 5.32 Å². The summed E-state index contributed by atoms with van der Waals surface area (Å²) >= 11 is 0. The van der Waals surface area contributed by atoms with E-state index in [9.17, 15) is 19.5 Å². The Bertz CT molecular complexity index is 2050. The van der Waals surface area contributed by atoms with E-state index in [4.69, 9.17) is 0 Å². The summed E-state index contributed by atoms with van der Waals surface area (Å²) in [4.78, 5) is 43.0. The molecule has 3 aromatic heterocycles. The summed E-state index contributed by atoms with van der Waals surface area (Å²) in [6.45, 7) is 9.14. The Morgan fingerprint density at radius 2 is 1.79 bits per heavy atom. The number of aryl methyl sites for hydroxylation is 1. The van der Waals surface area contributed by atoms with Gasteiger partial charge in [-0.25, -0.2) is 9.18 Å². The zero-order valence-corrected chi connectivity index (χ0v) is 24.8. The second kappa shape index (κ2) is 11.1. The molecule has 3 heterocycles. The van der Waals surface area contributed by atoms with Crippen LogP contribution in [-0.2, 0) is 19.1 Å². The number of hydrogen-bond donors (Lipinski definition) is 2. The topological polar surface area (TPSA) is 124 Å². The molecule has 0 radical (unpaired) electrons. The minimum absolute atomic E-state index is 0.0727. The highest BCUT2D eigenvalue weighted by Crippen LogP contribution is 2.30. The summed E-state index contributed by atoms with van der Waals surface area (Å²) in [5.74, 6) is -0.440. The van der Waals surface area contributed by atoms with Gasteiger partial charge in [0.1, 0.15) is 17.3 Å². The molecule has 0 saturated heterocycles. The van der Waals surface area contributed by atoms with Crippen molar-refractivity contribution in [3.05, 3.63) is 109 Å². The van der Waals surface area contributed by atoms with Crippen LogP contribution in [0, 0.1) is 5.82 Å². The lowest BCUT2D eigenvalue weighted by molar-refractivity contribution is 0.282. The monoisotopic (exact) mass is 584 g/mol. The summed E-state index contributed by atoms with van der Waals surface area (Å²) in [5, 5.41) is 18.0. The molecule has 0 saturated carbocycles. The highest BCUT2D eigenvalue weighted by molar-refractivity contribution is 5.83. The number of benzene rings is 2. The zero-order chi connectivity index (χ0) is 31.2. The van der Waals surface area contributed by atoms with E-state index in [0.29, 0.717) is 22.1 Å². The predicted octanol–water partition coefficient (Wildman–Crippen LogP) is 4.56. The number of nitrogens with zero attached hydrogens (tertiary/aromatic N) is 5. The molecule has 43 heavy (non-hydrogen) atoms. The van der Waals surface area contributed by atoms with E-state index in [0.717, 1.165) is 10.2 Å². The molecule has 0 amide bonds. The molecule has 0 aliphatic rings. The van der Waals surface area contributed by atoms with Crippen LogP contribution in [0.25, 0.3) is 27.6 Å². The molecule has 5 aromatic rings. The van der Waals surface area contributed by atoms with E-state index in [1.807, 2.05) is 34.6 Å². The van der Waals surface area contributed by atoms with Crippen LogP contribution in [0.1, 0.15) is 51.8 Å². The number of pyridine rings is 1. The van der Waals surface area contributed by atoms with Crippen LogP contribution in [-0.4, -0.2) is 29.0 Å². The third kappa shape index (κ3) is 5.51. The maximum atomic E-state index is 15.3. The molecular formula is C32H33FN6O4. The maximum Gasteiger partial charge on any atom is 0.349 e. The maximum absolute atomic E-state index is 15.3. The quantitative estimate of drug-likeness (QED) is 0.300. The largest absolute Gasteiger partial charge is 0.392 e. The Hall–Kier alpha value is -4.90. The van der Waals surface area contributed by atoms with Crippen molar-refractivity contribution in [3.8, 4) is 16.8 Å². The van der Waals surface area contributed by atoms with E-state index in [1.54, 1.807) is 55.8 Å². The number of anilines is 2. The van der Waals surface area contributed by atoms with Crippen LogP contribution in [0.3, 0.4) is 0 Å². The Morgan fingerprint density at radius 1 is 1.05 bits per heavy atom. The van der Waals surface area contributed by atoms with Crippen molar-refractivity contribution < 1.29 is 9.50 Å². The van der Waals surface area contributed by atoms with Gasteiger partial charge in [-0.05, 0) is 60.7 Å². The molecule has 0 unspecified atom stereocenters. The van der Waals surface area contributed by atoms with Crippen molar-refractivity contribution in [2.24, 2.45) is 7.05 Å². The van der Waals surface area contributed by atoms with Gasteiger partial charge >= 0.3 is 5.69 Å². The van der Waals surface area contributed by atoms with Gasteiger partial charge in [-0.1, -0.05) is 32.9 Å². The second-order valence-electron chi connectivity index (χ2n) is 11.8. The fourth-order valence-corrected chi connectivity index (χ4v) is 5.01. The molecule has 222 valence electrons. The third-order valence-electron chi connectivity index (χ3n) is 7.39. The van der Waals surface area contributed by atoms with Gasteiger partial charge in [-0.2, -0.15) is 14.8 Å². The summed E-state index contributed by atoms with van der Waals surface area (Å²) in [5.41, 5.74) is 0.785. The van der Waals surface area contributed by atoms with Crippen LogP contribution in [0.15, 0.2) is 75.4 Å². The molecule has 0 aliphatic heterocycles. The summed E-state index contributed by atoms with van der Waals surface area (Å²) in [6, 6.07) is 11.3. The molecule has 0 aliphatic carbocycles. The lowest BCUT2D eigenvalue weighted by Gasteiger charge is -2.20. The van der Waals surface area contributed by atoms with Gasteiger partial charge in [0, 0.05) is 42.0 Å². The van der Waals surface area contributed by atoms with Crippen LogP contribution in [0.4, 0.5) is 15.9 Å². The molecule has 0 bridgehead atoms. The fourth-order valence-electron chi connectivity index (χ4n) is 5.01. The van der Waals surface area contributed by atoms with E-state index < -0.39 is 23.7 Å². The van der Waals surface area contributed by atoms with Crippen LogP contribution >= 0.6 is 0 Å². The lowest BCUT2D eigenvalue weighted by Crippen LogP contribution is -2.25. The van der Waals surface area contributed by atoms with E-state index >= 15 is 4.39 Å². The molecular weight excluding hydrogens is 551 g/mol.